The molecular formula is C17H22N2O2. The number of aromatic nitrogens is 1. The summed E-state index contributed by atoms with van der Waals surface area (Å²) < 4.78 is 6.10. The van der Waals surface area contributed by atoms with Crippen LogP contribution in [0.1, 0.15) is 25.7 Å². The summed E-state index contributed by atoms with van der Waals surface area (Å²) in [6.45, 7) is 0. The second-order valence-corrected chi connectivity index (χ2v) is 6.07. The Balaban J connectivity index is 1.70. The van der Waals surface area contributed by atoms with Gasteiger partial charge in [0.15, 0.2) is 0 Å². The van der Waals surface area contributed by atoms with Crippen molar-refractivity contribution in [2.75, 3.05) is 14.1 Å². The molecule has 0 amide bonds. The lowest BCUT2D eigenvalue weighted by molar-refractivity contribution is 0.111. The lowest BCUT2D eigenvalue weighted by Crippen LogP contribution is -2.35. The molecule has 112 valence electrons. The number of hydrogen-bond donors (Lipinski definition) is 1. The Labute approximate surface area is 124 Å². The van der Waals surface area contributed by atoms with Crippen LogP contribution >= 0.6 is 0 Å². The van der Waals surface area contributed by atoms with Crippen LogP contribution in [0.4, 0.5) is 0 Å². The zero-order valence-corrected chi connectivity index (χ0v) is 12.6. The van der Waals surface area contributed by atoms with Crippen LogP contribution < -0.4 is 10.3 Å². The fourth-order valence-corrected chi connectivity index (χ4v) is 3.12. The molecule has 1 fully saturated rings. The van der Waals surface area contributed by atoms with Crippen LogP contribution in [-0.4, -0.2) is 36.1 Å². The first-order valence-electron chi connectivity index (χ1n) is 7.58. The van der Waals surface area contributed by atoms with Crippen LogP contribution in [0.3, 0.4) is 0 Å². The largest absolute Gasteiger partial charge is 0.490 e. The number of fused-ring (bicyclic) bond motifs is 1. The van der Waals surface area contributed by atoms with Crippen molar-refractivity contribution in [3.05, 3.63) is 40.8 Å². The maximum Gasteiger partial charge on any atom is 0.255 e. The van der Waals surface area contributed by atoms with Crippen molar-refractivity contribution >= 4 is 10.8 Å². The summed E-state index contributed by atoms with van der Waals surface area (Å²) in [4.78, 5) is 16.7. The number of rotatable bonds is 3. The number of ether oxygens (including phenoxy) is 1. The molecule has 4 heteroatoms. The average molecular weight is 286 g/mol. The molecule has 0 aliphatic heterocycles. The summed E-state index contributed by atoms with van der Waals surface area (Å²) in [7, 11) is 4.29. The third kappa shape index (κ3) is 3.10. The lowest BCUT2D eigenvalue weighted by Gasteiger charge is -2.32. The quantitative estimate of drug-likeness (QED) is 0.943. The molecule has 1 N–H and O–H groups in total. The highest BCUT2D eigenvalue weighted by atomic mass is 16.5. The number of pyridine rings is 1. The molecule has 1 aliphatic rings. The first kappa shape index (κ1) is 14.1. The second-order valence-electron chi connectivity index (χ2n) is 6.07. The molecule has 1 heterocycles. The van der Waals surface area contributed by atoms with E-state index in [2.05, 4.69) is 24.0 Å². The number of aromatic amines is 1. The Hall–Kier alpha value is -1.81. The lowest BCUT2D eigenvalue weighted by atomic mass is 9.92. The topological polar surface area (TPSA) is 45.3 Å². The zero-order valence-electron chi connectivity index (χ0n) is 12.6. The summed E-state index contributed by atoms with van der Waals surface area (Å²) in [6.07, 6.45) is 6.53. The molecule has 4 nitrogen and oxygen atoms in total. The first-order valence-corrected chi connectivity index (χ1v) is 7.58. The third-order valence-electron chi connectivity index (χ3n) is 4.42. The molecule has 21 heavy (non-hydrogen) atoms. The van der Waals surface area contributed by atoms with Gasteiger partial charge in [0.2, 0.25) is 0 Å². The monoisotopic (exact) mass is 286 g/mol. The number of nitrogens with zero attached hydrogens (tertiary/aromatic N) is 1. The van der Waals surface area contributed by atoms with E-state index in [1.165, 1.54) is 12.8 Å². The van der Waals surface area contributed by atoms with Gasteiger partial charge in [-0.3, -0.25) is 4.79 Å². The molecule has 1 saturated carbocycles. The molecule has 0 bridgehead atoms. The molecule has 1 aliphatic carbocycles. The van der Waals surface area contributed by atoms with Gasteiger partial charge in [0.25, 0.3) is 5.56 Å². The maximum absolute atomic E-state index is 11.7. The van der Waals surface area contributed by atoms with Crippen LogP contribution in [0.25, 0.3) is 10.8 Å². The standard InChI is InChI=1S/C17H22N2O2/c1-19(2)13-3-5-14(6-4-13)21-15-7-8-16-12(11-15)9-10-18-17(16)20/h7-11,13-14H,3-6H2,1-2H3,(H,18,20)/t13-,14-. The van der Waals surface area contributed by atoms with E-state index in [1.807, 2.05) is 24.3 Å². The summed E-state index contributed by atoms with van der Waals surface area (Å²) in [5.41, 5.74) is -0.0504. The van der Waals surface area contributed by atoms with Crippen LogP contribution in [0.2, 0.25) is 0 Å². The van der Waals surface area contributed by atoms with Crippen LogP contribution in [-0.2, 0) is 0 Å². The van der Waals surface area contributed by atoms with Gasteiger partial charge < -0.3 is 14.6 Å². The summed E-state index contributed by atoms with van der Waals surface area (Å²) in [5.74, 6) is 0.862. The Bertz CT molecular complexity index is 670. The Morgan fingerprint density at radius 2 is 1.90 bits per heavy atom. The Morgan fingerprint density at radius 3 is 2.62 bits per heavy atom. The minimum absolute atomic E-state index is 0.0504. The number of hydrogen-bond acceptors (Lipinski definition) is 3. The van der Waals surface area contributed by atoms with Crippen molar-refractivity contribution in [2.45, 2.75) is 37.8 Å². The average Bonchev–Trinajstić information content (AvgIpc) is 2.48. The Morgan fingerprint density at radius 1 is 1.14 bits per heavy atom. The normalized spacial score (nSPS) is 22.6. The van der Waals surface area contributed by atoms with Crippen molar-refractivity contribution < 1.29 is 4.74 Å². The predicted molar refractivity (Wildman–Crippen MR) is 84.9 cm³/mol. The molecular weight excluding hydrogens is 264 g/mol. The predicted octanol–water partition coefficient (Wildman–Crippen LogP) is 2.78. The second kappa shape index (κ2) is 5.90. The van der Waals surface area contributed by atoms with Gasteiger partial charge in [0, 0.05) is 17.6 Å². The summed E-state index contributed by atoms with van der Waals surface area (Å²) in [5, 5.41) is 1.64. The number of benzene rings is 1. The van der Waals surface area contributed by atoms with E-state index in [1.54, 1.807) is 6.20 Å². The first-order chi connectivity index (χ1) is 10.1. The molecule has 2 aromatic rings. The highest BCUT2D eigenvalue weighted by Crippen LogP contribution is 2.27. The van der Waals surface area contributed by atoms with E-state index in [9.17, 15) is 4.79 Å². The van der Waals surface area contributed by atoms with Crippen LogP contribution in [0.5, 0.6) is 5.75 Å². The van der Waals surface area contributed by atoms with Gasteiger partial charge in [-0.05, 0) is 69.4 Å². The summed E-state index contributed by atoms with van der Waals surface area (Å²) in [6, 6.07) is 8.29. The van der Waals surface area contributed by atoms with E-state index < -0.39 is 0 Å². The van der Waals surface area contributed by atoms with Crippen molar-refractivity contribution in [3.8, 4) is 5.75 Å². The van der Waals surface area contributed by atoms with Gasteiger partial charge in [0.1, 0.15) is 5.75 Å². The van der Waals surface area contributed by atoms with E-state index in [4.69, 9.17) is 4.74 Å². The third-order valence-corrected chi connectivity index (χ3v) is 4.42. The van der Waals surface area contributed by atoms with Gasteiger partial charge in [-0.15, -0.1) is 0 Å². The Kier molecular flexibility index (Phi) is 3.97. The fourth-order valence-electron chi connectivity index (χ4n) is 3.12. The molecule has 0 unspecified atom stereocenters. The van der Waals surface area contributed by atoms with Crippen molar-refractivity contribution in [1.82, 2.24) is 9.88 Å². The molecule has 0 atom stereocenters. The minimum atomic E-state index is -0.0504. The van der Waals surface area contributed by atoms with Crippen molar-refractivity contribution in [2.24, 2.45) is 0 Å². The van der Waals surface area contributed by atoms with E-state index in [-0.39, 0.29) is 5.56 Å². The molecule has 3 rings (SSSR count). The van der Waals surface area contributed by atoms with Gasteiger partial charge >= 0.3 is 0 Å². The highest BCUT2D eigenvalue weighted by Gasteiger charge is 2.23. The summed E-state index contributed by atoms with van der Waals surface area (Å²) >= 11 is 0. The molecule has 1 aromatic carbocycles. The number of H-pyrrole nitrogens is 1. The molecule has 0 radical (unpaired) electrons. The van der Waals surface area contributed by atoms with Gasteiger partial charge in [0.05, 0.1) is 6.10 Å². The van der Waals surface area contributed by atoms with Crippen LogP contribution in [0.15, 0.2) is 35.3 Å². The molecule has 0 spiro atoms. The van der Waals surface area contributed by atoms with Gasteiger partial charge in [-0.1, -0.05) is 0 Å². The SMILES string of the molecule is CN(C)[C@H]1CC[C@H](Oc2ccc3c(=O)[nH]ccc3c2)CC1. The highest BCUT2D eigenvalue weighted by molar-refractivity contribution is 5.82. The fraction of sp³-hybridized carbons (Fsp3) is 0.471. The smallest absolute Gasteiger partial charge is 0.255 e. The maximum atomic E-state index is 11.7. The van der Waals surface area contributed by atoms with Crippen molar-refractivity contribution in [3.63, 3.8) is 0 Å². The molecule has 0 saturated heterocycles. The minimum Gasteiger partial charge on any atom is -0.490 e. The van der Waals surface area contributed by atoms with Crippen LogP contribution in [0, 0.1) is 0 Å². The van der Waals surface area contributed by atoms with E-state index >= 15 is 0 Å². The molecule has 1 aromatic heterocycles. The van der Waals surface area contributed by atoms with E-state index in [0.717, 1.165) is 24.0 Å². The zero-order chi connectivity index (χ0) is 14.8. The number of nitrogens with one attached hydrogen (secondary N) is 1. The van der Waals surface area contributed by atoms with Gasteiger partial charge in [-0.25, -0.2) is 0 Å². The van der Waals surface area contributed by atoms with Gasteiger partial charge in [-0.2, -0.15) is 0 Å². The van der Waals surface area contributed by atoms with E-state index in [0.29, 0.717) is 17.5 Å². The van der Waals surface area contributed by atoms with Crippen molar-refractivity contribution in [1.29, 1.82) is 0 Å².